The Hall–Kier alpha value is -2.28. The number of hydrogen-bond donors (Lipinski definition) is 1. The topological polar surface area (TPSA) is 84.1 Å². The second-order valence-electron chi connectivity index (χ2n) is 6.32. The molecule has 7 heteroatoms. The van der Waals surface area contributed by atoms with E-state index in [1.165, 1.54) is 0 Å². The maximum Gasteiger partial charge on any atom is 0.161 e. The van der Waals surface area contributed by atoms with Crippen LogP contribution in [0.15, 0.2) is 24.5 Å². The molecule has 3 heterocycles. The average Bonchev–Trinajstić information content (AvgIpc) is 3.02. The van der Waals surface area contributed by atoms with E-state index in [2.05, 4.69) is 20.2 Å². The molecule has 0 amide bonds. The van der Waals surface area contributed by atoms with Gasteiger partial charge in [0.1, 0.15) is 5.82 Å². The standard InChI is InChI=1S/C17H23N5O2/c1-13(24)15-4-5-17(18-9-15)21-7-2-3-14(10-21)11-22-12-16(6-8-23)19-20-22/h4-5,9,12,14,23H,2-3,6-8,10-11H2,1H3/t14-/m0/s1. The summed E-state index contributed by atoms with van der Waals surface area (Å²) in [4.78, 5) is 18.1. The first-order chi connectivity index (χ1) is 11.7. The average molecular weight is 329 g/mol. The van der Waals surface area contributed by atoms with Crippen molar-refractivity contribution < 1.29 is 9.90 Å². The second-order valence-corrected chi connectivity index (χ2v) is 6.32. The molecule has 1 fully saturated rings. The number of aliphatic hydroxyl groups is 1. The number of rotatable bonds is 6. The molecule has 0 radical (unpaired) electrons. The van der Waals surface area contributed by atoms with E-state index in [0.29, 0.717) is 17.9 Å². The monoisotopic (exact) mass is 329 g/mol. The number of nitrogens with zero attached hydrogens (tertiary/aromatic N) is 5. The van der Waals surface area contributed by atoms with Gasteiger partial charge in [0.2, 0.25) is 0 Å². The van der Waals surface area contributed by atoms with Crippen LogP contribution in [0.2, 0.25) is 0 Å². The fraction of sp³-hybridized carbons (Fsp3) is 0.529. The lowest BCUT2D eigenvalue weighted by atomic mass is 9.98. The molecule has 3 rings (SSSR count). The van der Waals surface area contributed by atoms with Crippen LogP contribution in [0.3, 0.4) is 0 Å². The van der Waals surface area contributed by atoms with Crippen LogP contribution in [0, 0.1) is 5.92 Å². The summed E-state index contributed by atoms with van der Waals surface area (Å²) in [7, 11) is 0. The van der Waals surface area contributed by atoms with Gasteiger partial charge in [-0.25, -0.2) is 4.98 Å². The van der Waals surface area contributed by atoms with E-state index < -0.39 is 0 Å². The zero-order chi connectivity index (χ0) is 16.9. The first-order valence-electron chi connectivity index (χ1n) is 8.37. The molecule has 2 aromatic heterocycles. The van der Waals surface area contributed by atoms with Gasteiger partial charge in [-0.15, -0.1) is 5.10 Å². The number of piperidine rings is 1. The van der Waals surface area contributed by atoms with E-state index >= 15 is 0 Å². The minimum atomic E-state index is 0.0374. The molecule has 0 bridgehead atoms. The fourth-order valence-corrected chi connectivity index (χ4v) is 3.12. The van der Waals surface area contributed by atoms with Gasteiger partial charge in [-0.05, 0) is 37.8 Å². The summed E-state index contributed by atoms with van der Waals surface area (Å²) in [6, 6.07) is 3.76. The van der Waals surface area contributed by atoms with Crippen molar-refractivity contribution in [1.29, 1.82) is 0 Å². The Morgan fingerprint density at radius 3 is 3.00 bits per heavy atom. The molecule has 1 aliphatic heterocycles. The first kappa shape index (κ1) is 16.6. The highest BCUT2D eigenvalue weighted by atomic mass is 16.3. The lowest BCUT2D eigenvalue weighted by molar-refractivity contribution is 0.101. The second kappa shape index (κ2) is 7.53. The Labute approximate surface area is 141 Å². The van der Waals surface area contributed by atoms with Crippen LogP contribution in [-0.4, -0.2) is 50.6 Å². The fourth-order valence-electron chi connectivity index (χ4n) is 3.12. The van der Waals surface area contributed by atoms with Crippen LogP contribution in [0.4, 0.5) is 5.82 Å². The summed E-state index contributed by atoms with van der Waals surface area (Å²) < 4.78 is 1.87. The molecule has 1 atom stereocenters. The van der Waals surface area contributed by atoms with Gasteiger partial charge in [0.05, 0.1) is 5.69 Å². The van der Waals surface area contributed by atoms with Crippen LogP contribution >= 0.6 is 0 Å². The number of anilines is 1. The van der Waals surface area contributed by atoms with Crippen LogP contribution < -0.4 is 4.90 Å². The van der Waals surface area contributed by atoms with E-state index in [1.807, 2.05) is 23.0 Å². The molecule has 0 aliphatic carbocycles. The molecular weight excluding hydrogens is 306 g/mol. The van der Waals surface area contributed by atoms with Crippen molar-refractivity contribution >= 4 is 11.6 Å². The number of pyridine rings is 1. The Bertz CT molecular complexity index is 683. The van der Waals surface area contributed by atoms with Gasteiger partial charge in [-0.2, -0.15) is 0 Å². The smallest absolute Gasteiger partial charge is 0.161 e. The maximum atomic E-state index is 11.4. The van der Waals surface area contributed by atoms with Gasteiger partial charge < -0.3 is 10.0 Å². The van der Waals surface area contributed by atoms with Crippen LogP contribution in [0.5, 0.6) is 0 Å². The molecule has 2 aromatic rings. The Kier molecular flexibility index (Phi) is 5.20. The van der Waals surface area contributed by atoms with Gasteiger partial charge in [-0.1, -0.05) is 5.21 Å². The largest absolute Gasteiger partial charge is 0.396 e. The highest BCUT2D eigenvalue weighted by molar-refractivity contribution is 5.93. The number of carbonyl (C=O) groups is 1. The SMILES string of the molecule is CC(=O)c1ccc(N2CCC[C@H](Cn3cc(CCO)nn3)C2)nc1. The van der Waals surface area contributed by atoms with E-state index in [0.717, 1.165) is 44.0 Å². The Morgan fingerprint density at radius 1 is 1.42 bits per heavy atom. The molecule has 0 spiro atoms. The molecule has 24 heavy (non-hydrogen) atoms. The van der Waals surface area contributed by atoms with Gasteiger partial charge in [0.15, 0.2) is 5.78 Å². The quantitative estimate of drug-likeness (QED) is 0.805. The van der Waals surface area contributed by atoms with Gasteiger partial charge in [0, 0.05) is 50.6 Å². The number of Topliss-reactive ketones (excluding diaryl/α,β-unsaturated/α-hetero) is 1. The zero-order valence-corrected chi connectivity index (χ0v) is 13.9. The predicted octanol–water partition coefficient (Wildman–Crippen LogP) is 1.33. The highest BCUT2D eigenvalue weighted by Crippen LogP contribution is 2.23. The third-order valence-electron chi connectivity index (χ3n) is 4.40. The first-order valence-corrected chi connectivity index (χ1v) is 8.37. The van der Waals surface area contributed by atoms with Crippen LogP contribution in [0.25, 0.3) is 0 Å². The van der Waals surface area contributed by atoms with Gasteiger partial charge in [-0.3, -0.25) is 9.48 Å². The van der Waals surface area contributed by atoms with Crippen LogP contribution in [-0.2, 0) is 13.0 Å². The van der Waals surface area contributed by atoms with Crippen molar-refractivity contribution in [2.24, 2.45) is 5.92 Å². The summed E-state index contributed by atoms with van der Waals surface area (Å²) in [6.45, 7) is 4.37. The summed E-state index contributed by atoms with van der Waals surface area (Å²) in [5.74, 6) is 1.44. The maximum absolute atomic E-state index is 11.4. The third-order valence-corrected chi connectivity index (χ3v) is 4.40. The molecule has 0 unspecified atom stereocenters. The van der Waals surface area contributed by atoms with E-state index in [4.69, 9.17) is 5.11 Å². The lowest BCUT2D eigenvalue weighted by Gasteiger charge is -2.33. The normalized spacial score (nSPS) is 17.9. The number of hydrogen-bond acceptors (Lipinski definition) is 6. The molecular formula is C17H23N5O2. The Morgan fingerprint density at radius 2 is 2.29 bits per heavy atom. The van der Waals surface area contributed by atoms with Crippen molar-refractivity contribution in [3.05, 3.63) is 35.8 Å². The molecule has 7 nitrogen and oxygen atoms in total. The van der Waals surface area contributed by atoms with Gasteiger partial charge >= 0.3 is 0 Å². The van der Waals surface area contributed by atoms with Crippen molar-refractivity contribution in [2.75, 3.05) is 24.6 Å². The predicted molar refractivity (Wildman–Crippen MR) is 90.0 cm³/mol. The molecule has 1 N–H and O–H groups in total. The summed E-state index contributed by atoms with van der Waals surface area (Å²) >= 11 is 0. The van der Waals surface area contributed by atoms with Crippen molar-refractivity contribution in [2.45, 2.75) is 32.7 Å². The Balaban J connectivity index is 1.62. The van der Waals surface area contributed by atoms with Gasteiger partial charge in [0.25, 0.3) is 0 Å². The number of ketones is 1. The zero-order valence-electron chi connectivity index (χ0n) is 13.9. The van der Waals surface area contributed by atoms with E-state index in [-0.39, 0.29) is 12.4 Å². The number of carbonyl (C=O) groups excluding carboxylic acids is 1. The van der Waals surface area contributed by atoms with Crippen molar-refractivity contribution in [1.82, 2.24) is 20.0 Å². The van der Waals surface area contributed by atoms with Crippen LogP contribution in [0.1, 0.15) is 35.8 Å². The molecule has 1 aliphatic rings. The molecule has 128 valence electrons. The summed E-state index contributed by atoms with van der Waals surface area (Å²) in [5, 5.41) is 17.2. The molecule has 0 aromatic carbocycles. The third kappa shape index (κ3) is 3.97. The minimum Gasteiger partial charge on any atom is -0.396 e. The summed E-state index contributed by atoms with van der Waals surface area (Å²) in [6.07, 6.45) is 6.37. The van der Waals surface area contributed by atoms with Crippen molar-refractivity contribution in [3.63, 3.8) is 0 Å². The van der Waals surface area contributed by atoms with E-state index in [9.17, 15) is 4.79 Å². The number of aliphatic hydroxyl groups excluding tert-OH is 1. The minimum absolute atomic E-state index is 0.0374. The molecule has 0 saturated carbocycles. The molecule has 1 saturated heterocycles. The number of aromatic nitrogens is 4. The highest BCUT2D eigenvalue weighted by Gasteiger charge is 2.22. The van der Waals surface area contributed by atoms with Crippen molar-refractivity contribution in [3.8, 4) is 0 Å². The lowest BCUT2D eigenvalue weighted by Crippen LogP contribution is -2.37. The van der Waals surface area contributed by atoms with E-state index in [1.54, 1.807) is 13.1 Å². The summed E-state index contributed by atoms with van der Waals surface area (Å²) in [5.41, 5.74) is 1.47.